The van der Waals surface area contributed by atoms with Crippen LogP contribution in [0.2, 0.25) is 0 Å². The number of methoxy groups -OCH3 is 1. The van der Waals surface area contributed by atoms with E-state index in [0.717, 1.165) is 42.7 Å². The van der Waals surface area contributed by atoms with Crippen LogP contribution in [0.1, 0.15) is 25.7 Å². The highest BCUT2D eigenvalue weighted by Crippen LogP contribution is 2.32. The van der Waals surface area contributed by atoms with Crippen LogP contribution in [-0.2, 0) is 4.79 Å². The predicted octanol–water partition coefficient (Wildman–Crippen LogP) is 3.95. The van der Waals surface area contributed by atoms with Gasteiger partial charge in [-0.05, 0) is 25.0 Å². The molecule has 3 rings (SSSR count). The molecule has 2 aromatic rings. The van der Waals surface area contributed by atoms with Crippen molar-refractivity contribution in [3.63, 3.8) is 0 Å². The molecule has 21 heavy (non-hydrogen) atoms. The maximum atomic E-state index is 12.1. The number of carbonyl (C=O) groups excluding carboxylic acids is 1. The molecule has 0 aliphatic heterocycles. The largest absolute Gasteiger partial charge is 0.496 e. The minimum Gasteiger partial charge on any atom is -0.496 e. The van der Waals surface area contributed by atoms with E-state index in [0.29, 0.717) is 5.13 Å². The molecule has 0 bridgehead atoms. The number of nitrogens with one attached hydrogen (secondary N) is 1. The molecule has 1 amide bonds. The Bertz CT molecular complexity index is 633. The Balaban J connectivity index is 1.75. The topological polar surface area (TPSA) is 51.2 Å². The number of benzene rings is 1. The van der Waals surface area contributed by atoms with Crippen molar-refractivity contribution in [2.45, 2.75) is 25.7 Å². The van der Waals surface area contributed by atoms with E-state index in [1.54, 1.807) is 7.11 Å². The molecule has 1 aliphatic rings. The van der Waals surface area contributed by atoms with E-state index >= 15 is 0 Å². The number of thiazole rings is 1. The van der Waals surface area contributed by atoms with Gasteiger partial charge in [0.2, 0.25) is 5.91 Å². The van der Waals surface area contributed by atoms with Crippen LogP contribution in [0.25, 0.3) is 11.3 Å². The van der Waals surface area contributed by atoms with Crippen LogP contribution in [0.5, 0.6) is 5.75 Å². The van der Waals surface area contributed by atoms with E-state index in [-0.39, 0.29) is 11.8 Å². The molecule has 1 aliphatic carbocycles. The van der Waals surface area contributed by atoms with Gasteiger partial charge in [0.1, 0.15) is 5.75 Å². The lowest BCUT2D eigenvalue weighted by Crippen LogP contribution is -2.20. The predicted molar refractivity (Wildman–Crippen MR) is 84.7 cm³/mol. The highest BCUT2D eigenvalue weighted by atomic mass is 32.1. The molecule has 0 saturated heterocycles. The Kier molecular flexibility index (Phi) is 4.20. The Morgan fingerprint density at radius 1 is 1.33 bits per heavy atom. The van der Waals surface area contributed by atoms with Gasteiger partial charge in [-0.15, -0.1) is 11.3 Å². The summed E-state index contributed by atoms with van der Waals surface area (Å²) in [6, 6.07) is 7.76. The summed E-state index contributed by atoms with van der Waals surface area (Å²) in [5.41, 5.74) is 1.77. The summed E-state index contributed by atoms with van der Waals surface area (Å²) in [5, 5.41) is 5.55. The molecule has 1 N–H and O–H groups in total. The standard InChI is InChI=1S/C16H18N2O2S/c1-20-14-9-5-4-8-12(14)13-10-21-16(17-13)18-15(19)11-6-2-3-7-11/h4-5,8-11H,2-3,6-7H2,1H3,(H,17,18,19). The molecule has 5 heteroatoms. The van der Waals surface area contributed by atoms with Crippen molar-refractivity contribution in [2.75, 3.05) is 12.4 Å². The summed E-state index contributed by atoms with van der Waals surface area (Å²) >= 11 is 1.45. The first-order chi connectivity index (χ1) is 10.3. The summed E-state index contributed by atoms with van der Waals surface area (Å²) in [6.07, 6.45) is 4.30. The fourth-order valence-corrected chi connectivity index (χ4v) is 3.42. The summed E-state index contributed by atoms with van der Waals surface area (Å²) in [4.78, 5) is 16.6. The lowest BCUT2D eigenvalue weighted by Gasteiger charge is -2.07. The third-order valence-corrected chi connectivity index (χ3v) is 4.60. The van der Waals surface area contributed by atoms with Gasteiger partial charge in [-0.3, -0.25) is 4.79 Å². The molecule has 1 heterocycles. The second-order valence-corrected chi connectivity index (χ2v) is 6.07. The van der Waals surface area contributed by atoms with Crippen LogP contribution in [0, 0.1) is 5.92 Å². The van der Waals surface area contributed by atoms with Gasteiger partial charge in [0.05, 0.1) is 12.8 Å². The number of ether oxygens (including phenoxy) is 1. The molecular formula is C16H18N2O2S. The zero-order valence-electron chi connectivity index (χ0n) is 12.0. The van der Waals surface area contributed by atoms with Crippen LogP contribution in [-0.4, -0.2) is 18.0 Å². The molecule has 110 valence electrons. The summed E-state index contributed by atoms with van der Waals surface area (Å²) in [6.45, 7) is 0. The van der Waals surface area contributed by atoms with Gasteiger partial charge in [0.15, 0.2) is 5.13 Å². The van der Waals surface area contributed by atoms with Crippen LogP contribution < -0.4 is 10.1 Å². The lowest BCUT2D eigenvalue weighted by molar-refractivity contribution is -0.119. The fraction of sp³-hybridized carbons (Fsp3) is 0.375. The minimum absolute atomic E-state index is 0.105. The monoisotopic (exact) mass is 302 g/mol. The van der Waals surface area contributed by atoms with E-state index in [1.807, 2.05) is 29.6 Å². The van der Waals surface area contributed by atoms with E-state index in [1.165, 1.54) is 11.3 Å². The number of carbonyl (C=O) groups is 1. The van der Waals surface area contributed by atoms with Gasteiger partial charge in [-0.1, -0.05) is 25.0 Å². The van der Waals surface area contributed by atoms with Crippen molar-refractivity contribution in [3.8, 4) is 17.0 Å². The van der Waals surface area contributed by atoms with E-state index in [4.69, 9.17) is 4.74 Å². The number of nitrogens with zero attached hydrogens (tertiary/aromatic N) is 1. The zero-order valence-corrected chi connectivity index (χ0v) is 12.8. The normalized spacial score (nSPS) is 15.1. The number of amides is 1. The highest BCUT2D eigenvalue weighted by Gasteiger charge is 2.23. The van der Waals surface area contributed by atoms with Gasteiger partial charge < -0.3 is 10.1 Å². The van der Waals surface area contributed by atoms with Crippen LogP contribution in [0.4, 0.5) is 5.13 Å². The first-order valence-electron chi connectivity index (χ1n) is 7.17. The molecule has 0 unspecified atom stereocenters. The van der Waals surface area contributed by atoms with Crippen molar-refractivity contribution >= 4 is 22.4 Å². The molecule has 4 nitrogen and oxygen atoms in total. The molecular weight excluding hydrogens is 284 g/mol. The van der Waals surface area contributed by atoms with Crippen LogP contribution >= 0.6 is 11.3 Å². The molecule has 1 aromatic carbocycles. The van der Waals surface area contributed by atoms with Crippen molar-refractivity contribution < 1.29 is 9.53 Å². The molecule has 1 saturated carbocycles. The maximum absolute atomic E-state index is 12.1. The van der Waals surface area contributed by atoms with Crippen molar-refractivity contribution in [1.29, 1.82) is 0 Å². The summed E-state index contributed by atoms with van der Waals surface area (Å²) < 4.78 is 5.35. The molecule has 1 aromatic heterocycles. The first kappa shape index (κ1) is 14.1. The Morgan fingerprint density at radius 3 is 2.86 bits per heavy atom. The maximum Gasteiger partial charge on any atom is 0.229 e. The molecule has 0 spiro atoms. The number of hydrogen-bond donors (Lipinski definition) is 1. The molecule has 0 radical (unpaired) electrons. The van der Waals surface area contributed by atoms with E-state index < -0.39 is 0 Å². The third-order valence-electron chi connectivity index (χ3n) is 3.84. The highest BCUT2D eigenvalue weighted by molar-refractivity contribution is 7.14. The first-order valence-corrected chi connectivity index (χ1v) is 8.05. The van der Waals surface area contributed by atoms with Gasteiger partial charge in [-0.25, -0.2) is 4.98 Å². The van der Waals surface area contributed by atoms with Gasteiger partial charge >= 0.3 is 0 Å². The quantitative estimate of drug-likeness (QED) is 0.930. The number of anilines is 1. The summed E-state index contributed by atoms with van der Waals surface area (Å²) in [5.74, 6) is 1.05. The van der Waals surface area contributed by atoms with E-state index in [9.17, 15) is 4.79 Å². The average molecular weight is 302 g/mol. The third kappa shape index (κ3) is 3.08. The Hall–Kier alpha value is -1.88. The van der Waals surface area contributed by atoms with Crippen LogP contribution in [0.3, 0.4) is 0 Å². The number of para-hydroxylation sites is 1. The minimum atomic E-state index is 0.105. The van der Waals surface area contributed by atoms with Gasteiger partial charge in [0.25, 0.3) is 0 Å². The van der Waals surface area contributed by atoms with Crippen molar-refractivity contribution in [2.24, 2.45) is 5.92 Å². The number of aromatic nitrogens is 1. The molecule has 0 atom stereocenters. The van der Waals surface area contributed by atoms with Crippen molar-refractivity contribution in [1.82, 2.24) is 4.98 Å². The fourth-order valence-electron chi connectivity index (χ4n) is 2.71. The van der Waals surface area contributed by atoms with Crippen LogP contribution in [0.15, 0.2) is 29.6 Å². The second-order valence-electron chi connectivity index (χ2n) is 5.21. The van der Waals surface area contributed by atoms with Gasteiger partial charge in [0, 0.05) is 16.9 Å². The average Bonchev–Trinajstić information content (AvgIpc) is 3.18. The Labute approximate surface area is 128 Å². The van der Waals surface area contributed by atoms with Crippen molar-refractivity contribution in [3.05, 3.63) is 29.6 Å². The SMILES string of the molecule is COc1ccccc1-c1csc(NC(=O)C2CCCC2)n1. The molecule has 1 fully saturated rings. The smallest absolute Gasteiger partial charge is 0.229 e. The zero-order chi connectivity index (χ0) is 14.7. The second kappa shape index (κ2) is 6.26. The Morgan fingerprint density at radius 2 is 2.10 bits per heavy atom. The summed E-state index contributed by atoms with van der Waals surface area (Å²) in [7, 11) is 1.65. The number of hydrogen-bond acceptors (Lipinski definition) is 4. The van der Waals surface area contributed by atoms with Gasteiger partial charge in [-0.2, -0.15) is 0 Å². The number of rotatable bonds is 4. The van der Waals surface area contributed by atoms with E-state index in [2.05, 4.69) is 10.3 Å². The lowest BCUT2D eigenvalue weighted by atomic mass is 10.1.